The Morgan fingerprint density at radius 3 is 2.38 bits per heavy atom. The second-order valence-corrected chi connectivity index (χ2v) is 11.0. The van der Waals surface area contributed by atoms with Gasteiger partial charge in [-0.05, 0) is 87.4 Å². The fraction of sp³-hybridized carbons (Fsp3) is 0.308. The molecule has 0 unspecified atom stereocenters. The molecule has 37 heavy (non-hydrogen) atoms. The van der Waals surface area contributed by atoms with Crippen molar-refractivity contribution in [2.75, 3.05) is 18.5 Å². The largest absolute Gasteiger partial charge is 0.490 e. The van der Waals surface area contributed by atoms with Crippen molar-refractivity contribution >= 4 is 73.1 Å². The predicted octanol–water partition coefficient (Wildman–Crippen LogP) is 5.42. The predicted molar refractivity (Wildman–Crippen MR) is 146 cm³/mol. The highest BCUT2D eigenvalue weighted by atomic mass is 79.9. The van der Waals surface area contributed by atoms with E-state index in [0.29, 0.717) is 43.3 Å². The highest BCUT2D eigenvalue weighted by molar-refractivity contribution is 9.13. The molecule has 1 saturated carbocycles. The Morgan fingerprint density at radius 1 is 1.11 bits per heavy atom. The van der Waals surface area contributed by atoms with Crippen molar-refractivity contribution in [3.05, 3.63) is 62.0 Å². The lowest BCUT2D eigenvalue weighted by molar-refractivity contribution is -0.140. The van der Waals surface area contributed by atoms with Crippen molar-refractivity contribution < 1.29 is 23.9 Å². The number of amides is 3. The van der Waals surface area contributed by atoms with E-state index in [1.54, 1.807) is 30.3 Å². The first-order chi connectivity index (χ1) is 17.8. The average Bonchev–Trinajstić information content (AvgIpc) is 3.56. The van der Waals surface area contributed by atoms with Crippen LogP contribution in [-0.4, -0.2) is 42.2 Å². The average molecular weight is 652 g/mol. The van der Waals surface area contributed by atoms with E-state index >= 15 is 0 Å². The van der Waals surface area contributed by atoms with Crippen LogP contribution in [0.5, 0.6) is 11.5 Å². The van der Waals surface area contributed by atoms with Crippen molar-refractivity contribution in [3.63, 3.8) is 0 Å². The van der Waals surface area contributed by atoms with E-state index in [9.17, 15) is 14.4 Å². The Labute approximate surface area is 235 Å². The van der Waals surface area contributed by atoms with Crippen LogP contribution in [0, 0.1) is 23.7 Å². The highest BCUT2D eigenvalue weighted by Crippen LogP contribution is 2.52. The van der Waals surface area contributed by atoms with Crippen LogP contribution in [0.2, 0.25) is 5.02 Å². The summed E-state index contributed by atoms with van der Waals surface area (Å²) in [4.78, 5) is 38.3. The van der Waals surface area contributed by atoms with Crippen molar-refractivity contribution in [1.29, 1.82) is 0 Å². The smallest absolute Gasteiger partial charge is 0.262 e. The number of benzene rings is 2. The van der Waals surface area contributed by atoms with Gasteiger partial charge in [-0.1, -0.05) is 23.8 Å². The summed E-state index contributed by atoms with van der Waals surface area (Å²) >= 11 is 12.9. The van der Waals surface area contributed by atoms with Gasteiger partial charge in [0, 0.05) is 20.7 Å². The number of nitrogens with zero attached hydrogens (tertiary/aromatic N) is 2. The van der Waals surface area contributed by atoms with E-state index in [1.165, 1.54) is 6.21 Å². The van der Waals surface area contributed by atoms with Gasteiger partial charge in [0.15, 0.2) is 18.1 Å². The number of hydrogen-bond acceptors (Lipinski definition) is 6. The minimum Gasteiger partial charge on any atom is -0.490 e. The third-order valence-corrected chi connectivity index (χ3v) is 9.09. The lowest BCUT2D eigenvalue weighted by Gasteiger charge is -2.16. The van der Waals surface area contributed by atoms with Crippen LogP contribution in [0.15, 0.2) is 56.5 Å². The van der Waals surface area contributed by atoms with Gasteiger partial charge in [0.05, 0.1) is 29.1 Å². The van der Waals surface area contributed by atoms with Crippen LogP contribution >= 0.6 is 43.5 Å². The van der Waals surface area contributed by atoms with E-state index in [4.69, 9.17) is 21.1 Å². The Kier molecular flexibility index (Phi) is 7.42. The molecule has 0 spiro atoms. The third-order valence-electron chi connectivity index (χ3n) is 6.69. The molecule has 3 amide bonds. The molecule has 1 saturated heterocycles. The zero-order chi connectivity index (χ0) is 26.3. The standard InChI is InChI=1S/C26H22Br2ClN3O5/c1-2-36-18-10-15(11-30-32-25(34)20-13-3-4-14(9-13)21(20)26(32)35)22(27)23(28)24(18)37-12-19(33)31-17-7-5-16(29)6-8-17/h3-8,10-11,13-14,20-21H,2,9,12H2,1H3,(H,31,33)/t13-,14-,20-,21+/m0/s1. The van der Waals surface area contributed by atoms with E-state index in [1.807, 2.05) is 19.1 Å². The number of anilines is 1. The number of allylic oxidation sites excluding steroid dienone is 2. The molecule has 0 aromatic heterocycles. The second-order valence-electron chi connectivity index (χ2n) is 8.93. The van der Waals surface area contributed by atoms with Gasteiger partial charge in [-0.25, -0.2) is 0 Å². The molecule has 8 nitrogen and oxygen atoms in total. The third kappa shape index (κ3) is 4.94. The number of nitrogens with one attached hydrogen (secondary N) is 1. The number of carbonyl (C=O) groups excluding carboxylic acids is 3. The molecule has 192 valence electrons. The molecule has 0 radical (unpaired) electrons. The summed E-state index contributed by atoms with van der Waals surface area (Å²) in [6.07, 6.45) is 6.39. The summed E-state index contributed by atoms with van der Waals surface area (Å²) in [5.41, 5.74) is 1.15. The van der Waals surface area contributed by atoms with Crippen LogP contribution < -0.4 is 14.8 Å². The van der Waals surface area contributed by atoms with E-state index in [0.717, 1.165) is 11.4 Å². The monoisotopic (exact) mass is 649 g/mol. The molecule has 1 heterocycles. The van der Waals surface area contributed by atoms with Gasteiger partial charge >= 0.3 is 0 Å². The number of hydrazone groups is 1. The van der Waals surface area contributed by atoms with Gasteiger partial charge in [-0.2, -0.15) is 10.1 Å². The van der Waals surface area contributed by atoms with Crippen molar-refractivity contribution in [2.24, 2.45) is 28.8 Å². The summed E-state index contributed by atoms with van der Waals surface area (Å²) in [7, 11) is 0. The number of fused-ring (bicyclic) bond motifs is 5. The van der Waals surface area contributed by atoms with Crippen molar-refractivity contribution in [3.8, 4) is 11.5 Å². The minimum absolute atomic E-state index is 0.116. The zero-order valence-electron chi connectivity index (χ0n) is 19.6. The minimum atomic E-state index is -0.363. The first-order valence-corrected chi connectivity index (χ1v) is 13.7. The lowest BCUT2D eigenvalue weighted by atomic mass is 9.85. The quantitative estimate of drug-likeness (QED) is 0.234. The van der Waals surface area contributed by atoms with Crippen molar-refractivity contribution in [2.45, 2.75) is 13.3 Å². The maximum Gasteiger partial charge on any atom is 0.262 e. The summed E-state index contributed by atoms with van der Waals surface area (Å²) < 4.78 is 12.6. The maximum atomic E-state index is 12.9. The van der Waals surface area contributed by atoms with Gasteiger partial charge in [0.1, 0.15) is 0 Å². The maximum absolute atomic E-state index is 12.9. The summed E-state index contributed by atoms with van der Waals surface area (Å²) in [5.74, 6) is -0.578. The van der Waals surface area contributed by atoms with Crippen LogP contribution in [-0.2, 0) is 14.4 Å². The van der Waals surface area contributed by atoms with Gasteiger partial charge in [-0.15, -0.1) is 0 Å². The molecule has 2 aromatic carbocycles. The van der Waals surface area contributed by atoms with Gasteiger partial charge in [0.2, 0.25) is 0 Å². The molecule has 2 aliphatic carbocycles. The molecule has 11 heteroatoms. The molecule has 2 aromatic rings. The second kappa shape index (κ2) is 10.6. The normalized spacial score (nSPS) is 23.7. The van der Waals surface area contributed by atoms with Gasteiger partial charge in [0.25, 0.3) is 17.7 Å². The Balaban J connectivity index is 1.32. The SMILES string of the molecule is CCOc1cc(C=NN2C(=O)[C@@H]3[C@H](C2=O)[C@H]2C=C[C@H]3C2)c(Br)c(Br)c1OCC(=O)Nc1ccc(Cl)cc1. The van der Waals surface area contributed by atoms with Gasteiger partial charge in [-0.3, -0.25) is 14.4 Å². The number of halogens is 3. The Morgan fingerprint density at radius 2 is 1.76 bits per heavy atom. The van der Waals surface area contributed by atoms with Crippen LogP contribution in [0.1, 0.15) is 18.9 Å². The molecule has 4 atom stereocenters. The van der Waals surface area contributed by atoms with E-state index in [2.05, 4.69) is 42.3 Å². The molecule has 2 bridgehead atoms. The molecule has 5 rings (SSSR count). The molecule has 1 aliphatic heterocycles. The van der Waals surface area contributed by atoms with Gasteiger partial charge < -0.3 is 14.8 Å². The zero-order valence-corrected chi connectivity index (χ0v) is 23.5. The Hall–Kier alpha value is -2.69. The highest BCUT2D eigenvalue weighted by Gasteiger charge is 2.59. The molecular weight excluding hydrogens is 630 g/mol. The van der Waals surface area contributed by atoms with Crippen LogP contribution in [0.25, 0.3) is 0 Å². The summed E-state index contributed by atoms with van der Waals surface area (Å²) in [5, 5.41) is 8.56. The molecule has 3 aliphatic rings. The first kappa shape index (κ1) is 25.9. The molecular formula is C26H22Br2ClN3O5. The number of hydrogen-bond donors (Lipinski definition) is 1. The number of ether oxygens (including phenoxy) is 2. The molecule has 2 fully saturated rings. The van der Waals surface area contributed by atoms with Crippen molar-refractivity contribution in [1.82, 2.24) is 5.01 Å². The lowest BCUT2D eigenvalue weighted by Crippen LogP contribution is -2.28. The molecule has 1 N–H and O–H groups in total. The Bertz CT molecular complexity index is 1300. The number of rotatable bonds is 8. The van der Waals surface area contributed by atoms with Crippen LogP contribution in [0.4, 0.5) is 5.69 Å². The fourth-order valence-corrected chi connectivity index (χ4v) is 6.15. The van der Waals surface area contributed by atoms with Crippen LogP contribution in [0.3, 0.4) is 0 Å². The number of carbonyl (C=O) groups is 3. The van der Waals surface area contributed by atoms with E-state index in [-0.39, 0.29) is 48.0 Å². The fourth-order valence-electron chi connectivity index (χ4n) is 5.08. The topological polar surface area (TPSA) is 97.3 Å². The summed E-state index contributed by atoms with van der Waals surface area (Å²) in [6, 6.07) is 8.41. The van der Waals surface area contributed by atoms with E-state index < -0.39 is 0 Å². The number of imide groups is 1. The summed E-state index contributed by atoms with van der Waals surface area (Å²) in [6.45, 7) is 1.90. The first-order valence-electron chi connectivity index (χ1n) is 11.7.